The number of hydrogen-bond donors (Lipinski definition) is 2. The number of likely N-dealkylation sites (N-methyl/N-ethyl adjacent to an activating group) is 1. The van der Waals surface area contributed by atoms with Gasteiger partial charge in [-0.1, -0.05) is 18.2 Å². The second kappa shape index (κ2) is 5.96. The molecule has 6 heteroatoms. The van der Waals surface area contributed by atoms with E-state index in [-0.39, 0.29) is 18.2 Å². The molecule has 0 atom stereocenters. The van der Waals surface area contributed by atoms with Crippen molar-refractivity contribution >= 4 is 33.2 Å². The summed E-state index contributed by atoms with van der Waals surface area (Å²) in [6.07, 6.45) is 3.71. The molecule has 1 aliphatic heterocycles. The van der Waals surface area contributed by atoms with Crippen LogP contribution in [0.25, 0.3) is 16.7 Å². The first kappa shape index (κ1) is 15.4. The second-order valence-corrected chi connectivity index (χ2v) is 6.26. The number of halogens is 1. The van der Waals surface area contributed by atoms with Crippen molar-refractivity contribution in [2.75, 3.05) is 7.05 Å². The number of pyridine rings is 1. The lowest BCUT2D eigenvalue weighted by Crippen LogP contribution is -2.40. The summed E-state index contributed by atoms with van der Waals surface area (Å²) in [6, 6.07) is 9.75. The highest BCUT2D eigenvalue weighted by molar-refractivity contribution is 9.10. The van der Waals surface area contributed by atoms with E-state index in [1.165, 1.54) is 4.90 Å². The van der Waals surface area contributed by atoms with Gasteiger partial charge in [0, 0.05) is 29.5 Å². The smallest absolute Gasteiger partial charge is 0.232 e. The molecule has 5 nitrogen and oxygen atoms in total. The largest absolute Gasteiger partial charge is 0.395 e. The molecule has 2 heterocycles. The molecule has 1 aromatic heterocycles. The van der Waals surface area contributed by atoms with Crippen molar-refractivity contribution in [1.29, 1.82) is 5.41 Å². The number of nitrogens with one attached hydrogen (secondary N) is 1. The zero-order valence-electron chi connectivity index (χ0n) is 12.5. The third kappa shape index (κ3) is 2.90. The Morgan fingerprint density at radius 2 is 1.96 bits per heavy atom. The van der Waals surface area contributed by atoms with Gasteiger partial charge in [-0.15, -0.1) is 0 Å². The minimum absolute atomic E-state index is 0.0470. The van der Waals surface area contributed by atoms with Crippen LogP contribution in [0.5, 0.6) is 0 Å². The molecule has 0 spiro atoms. The minimum Gasteiger partial charge on any atom is -0.395 e. The summed E-state index contributed by atoms with van der Waals surface area (Å²) in [5.74, 6) is -0.0838. The quantitative estimate of drug-likeness (QED) is 0.851. The van der Waals surface area contributed by atoms with E-state index in [4.69, 9.17) is 11.1 Å². The summed E-state index contributed by atoms with van der Waals surface area (Å²) >= 11 is 3.42. The molecule has 0 unspecified atom stereocenters. The van der Waals surface area contributed by atoms with Crippen molar-refractivity contribution in [3.8, 4) is 11.1 Å². The molecule has 1 aliphatic rings. The van der Waals surface area contributed by atoms with Crippen LogP contribution in [0.15, 0.2) is 52.9 Å². The Morgan fingerprint density at radius 1 is 1.22 bits per heavy atom. The maximum absolute atomic E-state index is 12.0. The van der Waals surface area contributed by atoms with Crippen LogP contribution in [0.1, 0.15) is 12.0 Å². The zero-order chi connectivity index (χ0) is 16.6. The summed E-state index contributed by atoms with van der Waals surface area (Å²) in [5, 5.41) is 7.96. The van der Waals surface area contributed by atoms with Crippen LogP contribution in [-0.2, 0) is 4.79 Å². The van der Waals surface area contributed by atoms with Gasteiger partial charge in [-0.3, -0.25) is 20.1 Å². The highest BCUT2D eigenvalue weighted by atomic mass is 79.9. The monoisotopic (exact) mass is 370 g/mol. The van der Waals surface area contributed by atoms with Crippen molar-refractivity contribution in [1.82, 2.24) is 9.88 Å². The predicted molar refractivity (Wildman–Crippen MR) is 93.6 cm³/mol. The summed E-state index contributed by atoms with van der Waals surface area (Å²) in [6.45, 7) is 0. The number of benzene rings is 1. The number of amidine groups is 1. The highest BCUT2D eigenvalue weighted by Gasteiger charge is 2.26. The normalized spacial score (nSPS) is 15.3. The molecular formula is C17H15BrN4O. The van der Waals surface area contributed by atoms with Crippen LogP contribution in [-0.4, -0.2) is 28.7 Å². The Balaban J connectivity index is 2.07. The Morgan fingerprint density at radius 3 is 2.70 bits per heavy atom. The maximum Gasteiger partial charge on any atom is 0.232 e. The van der Waals surface area contributed by atoms with Gasteiger partial charge in [0.25, 0.3) is 0 Å². The summed E-state index contributed by atoms with van der Waals surface area (Å²) in [7, 11) is 1.57. The molecule has 23 heavy (non-hydrogen) atoms. The third-order valence-corrected chi connectivity index (χ3v) is 4.30. The van der Waals surface area contributed by atoms with Crippen LogP contribution < -0.4 is 5.73 Å². The number of nitrogens with two attached hydrogens (primary N) is 1. The Labute approximate surface area is 142 Å². The predicted octanol–water partition coefficient (Wildman–Crippen LogP) is 3.02. The fraction of sp³-hybridized carbons (Fsp3) is 0.118. The fourth-order valence-corrected chi connectivity index (χ4v) is 2.89. The van der Waals surface area contributed by atoms with Crippen molar-refractivity contribution in [3.05, 3.63) is 58.5 Å². The number of hydrogen-bond acceptors (Lipinski definition) is 4. The molecule has 0 bridgehead atoms. The van der Waals surface area contributed by atoms with Gasteiger partial charge in [0.1, 0.15) is 0 Å². The molecule has 3 N–H and O–H groups in total. The minimum atomic E-state index is -0.131. The molecular weight excluding hydrogens is 356 g/mol. The Hall–Kier alpha value is -2.47. The van der Waals surface area contributed by atoms with Crippen molar-refractivity contribution < 1.29 is 4.79 Å². The number of nitrogens with zero attached hydrogens (tertiary/aromatic N) is 2. The number of aromatic nitrogens is 1. The maximum atomic E-state index is 12.0. The topological polar surface area (TPSA) is 83.1 Å². The molecule has 0 radical (unpaired) electrons. The third-order valence-electron chi connectivity index (χ3n) is 3.87. The lowest BCUT2D eigenvalue weighted by atomic mass is 9.94. The molecule has 0 saturated heterocycles. The lowest BCUT2D eigenvalue weighted by molar-refractivity contribution is -0.125. The Kier molecular flexibility index (Phi) is 4.00. The van der Waals surface area contributed by atoms with Crippen LogP contribution in [0, 0.1) is 5.41 Å². The molecule has 0 fully saturated rings. The molecule has 0 saturated carbocycles. The molecule has 0 aliphatic carbocycles. The SMILES string of the molecule is CN1C(=N)C(N)=C(c2cccc(-c3cncc(Br)c3)c2)CC1=O. The Bertz CT molecular complexity index is 844. The number of carbonyl (C=O) groups excluding carboxylic acids is 1. The standard InChI is InChI=1S/C17H15BrN4O/c1-22-15(23)7-14(16(19)17(22)20)11-4-2-3-10(5-11)12-6-13(18)9-21-8-12/h2-6,8-9,20H,7,19H2,1H3. The first-order valence-electron chi connectivity index (χ1n) is 7.03. The van der Waals surface area contributed by atoms with E-state index < -0.39 is 0 Å². The number of carbonyl (C=O) groups is 1. The zero-order valence-corrected chi connectivity index (χ0v) is 14.1. The van der Waals surface area contributed by atoms with Crippen LogP contribution >= 0.6 is 15.9 Å². The van der Waals surface area contributed by atoms with E-state index in [1.54, 1.807) is 19.4 Å². The average Bonchev–Trinajstić information content (AvgIpc) is 2.56. The van der Waals surface area contributed by atoms with E-state index in [1.807, 2.05) is 30.3 Å². The van der Waals surface area contributed by atoms with Crippen LogP contribution in [0.3, 0.4) is 0 Å². The van der Waals surface area contributed by atoms with E-state index >= 15 is 0 Å². The van der Waals surface area contributed by atoms with Crippen LogP contribution in [0.4, 0.5) is 0 Å². The number of amides is 1. The van der Waals surface area contributed by atoms with Gasteiger partial charge in [-0.25, -0.2) is 0 Å². The van der Waals surface area contributed by atoms with Crippen molar-refractivity contribution in [2.45, 2.75) is 6.42 Å². The van der Waals surface area contributed by atoms with Crippen molar-refractivity contribution in [2.24, 2.45) is 5.73 Å². The molecule has 116 valence electrons. The van der Waals surface area contributed by atoms with E-state index in [2.05, 4.69) is 20.9 Å². The van der Waals surface area contributed by atoms with E-state index in [9.17, 15) is 4.79 Å². The molecule has 2 aromatic rings. The molecule has 3 rings (SSSR count). The van der Waals surface area contributed by atoms with Gasteiger partial charge in [-0.05, 0) is 44.8 Å². The molecule has 1 aromatic carbocycles. The van der Waals surface area contributed by atoms with Gasteiger partial charge in [-0.2, -0.15) is 0 Å². The van der Waals surface area contributed by atoms with Gasteiger partial charge in [0.2, 0.25) is 5.91 Å². The van der Waals surface area contributed by atoms with Crippen LogP contribution in [0.2, 0.25) is 0 Å². The highest BCUT2D eigenvalue weighted by Crippen LogP contribution is 2.30. The lowest BCUT2D eigenvalue weighted by Gasteiger charge is -2.26. The summed E-state index contributed by atoms with van der Waals surface area (Å²) in [4.78, 5) is 17.5. The summed E-state index contributed by atoms with van der Waals surface area (Å²) in [5.41, 5.74) is 9.90. The van der Waals surface area contributed by atoms with Crippen molar-refractivity contribution in [3.63, 3.8) is 0 Å². The average molecular weight is 371 g/mol. The second-order valence-electron chi connectivity index (χ2n) is 5.34. The number of rotatable bonds is 2. The fourth-order valence-electron chi connectivity index (χ4n) is 2.53. The first-order chi connectivity index (χ1) is 11.0. The van der Waals surface area contributed by atoms with E-state index in [0.29, 0.717) is 11.3 Å². The van der Waals surface area contributed by atoms with Gasteiger partial charge in [0.15, 0.2) is 5.84 Å². The van der Waals surface area contributed by atoms with Gasteiger partial charge < -0.3 is 5.73 Å². The van der Waals surface area contributed by atoms with Gasteiger partial charge in [0.05, 0.1) is 12.1 Å². The van der Waals surface area contributed by atoms with Gasteiger partial charge >= 0.3 is 0 Å². The summed E-state index contributed by atoms with van der Waals surface area (Å²) < 4.78 is 0.898. The molecule has 1 amide bonds. The first-order valence-corrected chi connectivity index (χ1v) is 7.82. The van der Waals surface area contributed by atoms with E-state index in [0.717, 1.165) is 21.2 Å².